The molecule has 0 bridgehead atoms. The maximum absolute atomic E-state index is 13.7. The molecule has 0 atom stereocenters. The summed E-state index contributed by atoms with van der Waals surface area (Å²) in [6.45, 7) is 2.23. The van der Waals surface area contributed by atoms with Crippen molar-refractivity contribution in [2.24, 2.45) is 5.92 Å². The Balaban J connectivity index is 1.59. The summed E-state index contributed by atoms with van der Waals surface area (Å²) in [6, 6.07) is 6.45. The minimum absolute atomic E-state index is 0.0779. The van der Waals surface area contributed by atoms with Gasteiger partial charge in [-0.05, 0) is 43.7 Å². The third-order valence-electron chi connectivity index (χ3n) is 4.49. The summed E-state index contributed by atoms with van der Waals surface area (Å²) in [7, 11) is 0. The van der Waals surface area contributed by atoms with E-state index in [0.717, 1.165) is 42.9 Å². The van der Waals surface area contributed by atoms with Crippen LogP contribution in [0.25, 0.3) is 0 Å². The van der Waals surface area contributed by atoms with Crippen molar-refractivity contribution in [2.75, 3.05) is 5.32 Å². The normalized spacial score (nSPS) is 20.2. The molecule has 1 aliphatic rings. The second-order valence-corrected chi connectivity index (χ2v) is 7.66. The van der Waals surface area contributed by atoms with E-state index < -0.39 is 5.82 Å². The number of carbonyl (C=O) groups excluding carboxylic acids is 1. The van der Waals surface area contributed by atoms with Crippen molar-refractivity contribution in [3.8, 4) is 5.88 Å². The molecule has 134 valence electrons. The highest BCUT2D eigenvalue weighted by atomic mass is 32.1. The Bertz CT molecular complexity index is 742. The van der Waals surface area contributed by atoms with E-state index in [-0.39, 0.29) is 29.9 Å². The lowest BCUT2D eigenvalue weighted by atomic mass is 9.87. The zero-order chi connectivity index (χ0) is 17.8. The van der Waals surface area contributed by atoms with E-state index in [1.165, 1.54) is 6.07 Å². The van der Waals surface area contributed by atoms with Gasteiger partial charge in [-0.2, -0.15) is 4.98 Å². The summed E-state index contributed by atoms with van der Waals surface area (Å²) in [4.78, 5) is 16.7. The average Bonchev–Trinajstić information content (AvgIpc) is 2.91. The molecule has 0 spiro atoms. The molecule has 0 saturated heterocycles. The third kappa shape index (κ3) is 4.69. The molecular weight excluding hydrogens is 341 g/mol. The van der Waals surface area contributed by atoms with Crippen LogP contribution in [0, 0.1) is 11.7 Å². The van der Waals surface area contributed by atoms with Crippen molar-refractivity contribution in [1.29, 1.82) is 0 Å². The largest absolute Gasteiger partial charge is 0.492 e. The second-order valence-electron chi connectivity index (χ2n) is 6.57. The molecule has 1 heterocycles. The number of carbonyl (C=O) groups is 1. The molecular formula is C18H22FN3O2S. The van der Waals surface area contributed by atoms with Crippen LogP contribution in [0.1, 0.15) is 37.5 Å². The molecule has 7 heteroatoms. The molecule has 1 aliphatic carbocycles. The predicted molar refractivity (Wildman–Crippen MR) is 96.7 cm³/mol. The van der Waals surface area contributed by atoms with E-state index in [9.17, 15) is 14.3 Å². The Morgan fingerprint density at radius 3 is 2.76 bits per heavy atom. The van der Waals surface area contributed by atoms with E-state index in [0.29, 0.717) is 10.0 Å². The first-order valence-corrected chi connectivity index (χ1v) is 9.32. The van der Waals surface area contributed by atoms with Crippen molar-refractivity contribution in [3.63, 3.8) is 0 Å². The molecule has 3 rings (SSSR count). The fourth-order valence-electron chi connectivity index (χ4n) is 3.02. The van der Waals surface area contributed by atoms with Gasteiger partial charge >= 0.3 is 0 Å². The van der Waals surface area contributed by atoms with Gasteiger partial charge in [0.25, 0.3) is 0 Å². The molecule has 2 aromatic rings. The van der Waals surface area contributed by atoms with Crippen LogP contribution in [0.2, 0.25) is 0 Å². The maximum Gasteiger partial charge on any atom is 0.227 e. The molecule has 1 amide bonds. The Kier molecular flexibility index (Phi) is 5.53. The Labute approximate surface area is 150 Å². The van der Waals surface area contributed by atoms with Gasteiger partial charge in [0.2, 0.25) is 11.8 Å². The van der Waals surface area contributed by atoms with Crippen LogP contribution in [-0.4, -0.2) is 22.0 Å². The van der Waals surface area contributed by atoms with Gasteiger partial charge in [0, 0.05) is 6.04 Å². The predicted octanol–water partition coefficient (Wildman–Crippen LogP) is 3.97. The summed E-state index contributed by atoms with van der Waals surface area (Å²) < 4.78 is 13.7. The van der Waals surface area contributed by atoms with Crippen LogP contribution in [0.5, 0.6) is 5.88 Å². The Hall–Kier alpha value is -2.15. The smallest absolute Gasteiger partial charge is 0.227 e. The van der Waals surface area contributed by atoms with Gasteiger partial charge in [0.05, 0.1) is 17.0 Å². The van der Waals surface area contributed by atoms with E-state index in [1.54, 1.807) is 18.2 Å². The topological polar surface area (TPSA) is 74.2 Å². The monoisotopic (exact) mass is 363 g/mol. The summed E-state index contributed by atoms with van der Waals surface area (Å²) >= 11 is 1.15. The van der Waals surface area contributed by atoms with E-state index >= 15 is 0 Å². The zero-order valence-corrected chi connectivity index (χ0v) is 14.9. The summed E-state index contributed by atoms with van der Waals surface area (Å²) in [5, 5.41) is 16.2. The van der Waals surface area contributed by atoms with Crippen LogP contribution < -0.4 is 10.6 Å². The standard InChI is InChI=1S/C18H22FN3O2S/c1-11-6-8-12(9-7-11)20-16(23)10-15-17(24)22-18(25-15)21-14-5-3-2-4-13(14)19/h2-5,11-12,24H,6-10H2,1H3,(H,20,23)(H,21,22). The van der Waals surface area contributed by atoms with E-state index in [2.05, 4.69) is 22.5 Å². The molecule has 1 aromatic heterocycles. The number of halogens is 1. The number of thiazole rings is 1. The number of nitrogens with zero attached hydrogens (tertiary/aromatic N) is 1. The van der Waals surface area contributed by atoms with Gasteiger partial charge in [-0.3, -0.25) is 4.79 Å². The highest BCUT2D eigenvalue weighted by Gasteiger charge is 2.21. The molecule has 0 unspecified atom stereocenters. The first kappa shape index (κ1) is 17.7. The van der Waals surface area contributed by atoms with Crippen LogP contribution in [0.4, 0.5) is 15.2 Å². The van der Waals surface area contributed by atoms with Gasteiger partial charge in [0.1, 0.15) is 5.82 Å². The minimum atomic E-state index is -0.400. The molecule has 5 nitrogen and oxygen atoms in total. The Morgan fingerprint density at radius 2 is 2.04 bits per heavy atom. The van der Waals surface area contributed by atoms with E-state index in [4.69, 9.17) is 0 Å². The summed E-state index contributed by atoms with van der Waals surface area (Å²) in [6.07, 6.45) is 4.35. The number of nitrogens with one attached hydrogen (secondary N) is 2. The van der Waals surface area contributed by atoms with Crippen LogP contribution >= 0.6 is 11.3 Å². The second kappa shape index (κ2) is 7.82. The minimum Gasteiger partial charge on any atom is -0.492 e. The molecule has 25 heavy (non-hydrogen) atoms. The first-order chi connectivity index (χ1) is 12.0. The van der Waals surface area contributed by atoms with Crippen LogP contribution in [0.3, 0.4) is 0 Å². The number of rotatable bonds is 5. The van der Waals surface area contributed by atoms with Crippen molar-refractivity contribution in [2.45, 2.75) is 45.1 Å². The fourth-order valence-corrected chi connectivity index (χ4v) is 3.89. The lowest BCUT2D eigenvalue weighted by Gasteiger charge is -2.26. The van der Waals surface area contributed by atoms with Gasteiger partial charge in [-0.25, -0.2) is 4.39 Å². The Morgan fingerprint density at radius 1 is 1.32 bits per heavy atom. The van der Waals surface area contributed by atoms with Crippen molar-refractivity contribution in [1.82, 2.24) is 10.3 Å². The highest BCUT2D eigenvalue weighted by Crippen LogP contribution is 2.31. The number of para-hydroxylation sites is 1. The number of anilines is 2. The number of aromatic nitrogens is 1. The number of hydrogen-bond acceptors (Lipinski definition) is 5. The molecule has 3 N–H and O–H groups in total. The number of benzene rings is 1. The van der Waals surface area contributed by atoms with Gasteiger partial charge in [-0.15, -0.1) is 0 Å². The molecule has 1 fully saturated rings. The summed E-state index contributed by atoms with van der Waals surface area (Å²) in [5.74, 6) is 0.0286. The van der Waals surface area contributed by atoms with Crippen molar-refractivity contribution in [3.05, 3.63) is 35.0 Å². The molecule has 0 radical (unpaired) electrons. The summed E-state index contributed by atoms with van der Waals surface area (Å²) in [5.41, 5.74) is 0.281. The van der Waals surface area contributed by atoms with E-state index in [1.807, 2.05) is 0 Å². The average molecular weight is 363 g/mol. The number of amides is 1. The number of aromatic hydroxyl groups is 1. The molecule has 1 saturated carbocycles. The van der Waals surface area contributed by atoms with Gasteiger partial charge < -0.3 is 15.7 Å². The zero-order valence-electron chi connectivity index (χ0n) is 14.1. The van der Waals surface area contributed by atoms with Crippen molar-refractivity contribution < 1.29 is 14.3 Å². The quantitative estimate of drug-likeness (QED) is 0.751. The lowest BCUT2D eigenvalue weighted by Crippen LogP contribution is -2.38. The van der Waals surface area contributed by atoms with Gasteiger partial charge in [0.15, 0.2) is 5.13 Å². The van der Waals surface area contributed by atoms with Crippen LogP contribution in [0.15, 0.2) is 24.3 Å². The molecule has 1 aromatic carbocycles. The first-order valence-electron chi connectivity index (χ1n) is 8.51. The van der Waals surface area contributed by atoms with Crippen LogP contribution in [-0.2, 0) is 11.2 Å². The molecule has 0 aliphatic heterocycles. The number of hydrogen-bond donors (Lipinski definition) is 3. The van der Waals surface area contributed by atoms with Crippen molar-refractivity contribution >= 4 is 28.1 Å². The lowest BCUT2D eigenvalue weighted by molar-refractivity contribution is -0.121. The van der Waals surface area contributed by atoms with Gasteiger partial charge in [-0.1, -0.05) is 30.4 Å². The fraction of sp³-hybridized carbons (Fsp3) is 0.444. The SMILES string of the molecule is CC1CCC(NC(=O)Cc2sc(Nc3ccccc3F)nc2O)CC1. The third-order valence-corrected chi connectivity index (χ3v) is 5.45. The maximum atomic E-state index is 13.7. The highest BCUT2D eigenvalue weighted by molar-refractivity contribution is 7.16.